The Labute approximate surface area is 110 Å². The van der Waals surface area contributed by atoms with Gasteiger partial charge in [0.1, 0.15) is 5.82 Å². The van der Waals surface area contributed by atoms with E-state index >= 15 is 0 Å². The average Bonchev–Trinajstić information content (AvgIpc) is 2.26. The first-order chi connectivity index (χ1) is 8.47. The first-order valence-electron chi connectivity index (χ1n) is 5.67. The maximum atomic E-state index is 11.2. The number of nitrogens with zero attached hydrogens (tertiary/aromatic N) is 2. The summed E-state index contributed by atoms with van der Waals surface area (Å²) >= 11 is 5.90. The summed E-state index contributed by atoms with van der Waals surface area (Å²) in [6, 6.07) is 4.94. The zero-order valence-corrected chi connectivity index (χ0v) is 10.9. The summed E-state index contributed by atoms with van der Waals surface area (Å²) < 4.78 is 0. The number of aromatic carboxylic acids is 1. The minimum absolute atomic E-state index is 0.0346. The number of benzene rings is 1. The van der Waals surface area contributed by atoms with E-state index in [1.807, 2.05) is 13.8 Å². The molecule has 0 amide bonds. The molecule has 0 spiro atoms. The predicted octanol–water partition coefficient (Wildman–Crippen LogP) is 3.18. The second-order valence-electron chi connectivity index (χ2n) is 4.55. The molecular weight excluding hydrogens is 252 g/mol. The van der Waals surface area contributed by atoms with Gasteiger partial charge in [-0.05, 0) is 24.1 Å². The van der Waals surface area contributed by atoms with Crippen molar-refractivity contribution in [1.82, 2.24) is 9.97 Å². The number of carbonyl (C=O) groups is 1. The van der Waals surface area contributed by atoms with Crippen molar-refractivity contribution >= 4 is 28.5 Å². The van der Waals surface area contributed by atoms with Crippen LogP contribution in [-0.2, 0) is 6.42 Å². The van der Waals surface area contributed by atoms with Gasteiger partial charge in [-0.15, -0.1) is 0 Å². The predicted molar refractivity (Wildman–Crippen MR) is 70.0 cm³/mol. The van der Waals surface area contributed by atoms with E-state index in [1.165, 1.54) is 0 Å². The van der Waals surface area contributed by atoms with Crippen molar-refractivity contribution in [3.8, 4) is 0 Å². The number of aromatic nitrogens is 2. The quantitative estimate of drug-likeness (QED) is 0.925. The minimum Gasteiger partial charge on any atom is -0.476 e. The molecule has 94 valence electrons. The van der Waals surface area contributed by atoms with Gasteiger partial charge in [-0.3, -0.25) is 0 Å². The molecule has 0 saturated heterocycles. The molecule has 4 nitrogen and oxygen atoms in total. The Morgan fingerprint density at radius 2 is 2.11 bits per heavy atom. The van der Waals surface area contributed by atoms with Gasteiger partial charge in [0.2, 0.25) is 0 Å². The number of fused-ring (bicyclic) bond motifs is 1. The molecule has 0 radical (unpaired) electrons. The molecule has 0 unspecified atom stereocenters. The molecule has 0 bridgehead atoms. The van der Waals surface area contributed by atoms with Crippen LogP contribution in [0.3, 0.4) is 0 Å². The van der Waals surface area contributed by atoms with Crippen molar-refractivity contribution in [3.05, 3.63) is 34.7 Å². The molecule has 2 rings (SSSR count). The van der Waals surface area contributed by atoms with Crippen molar-refractivity contribution in [2.75, 3.05) is 0 Å². The highest BCUT2D eigenvalue weighted by Gasteiger charge is 2.14. The largest absolute Gasteiger partial charge is 0.476 e. The van der Waals surface area contributed by atoms with Crippen LogP contribution < -0.4 is 0 Å². The molecular formula is C13H13ClN2O2. The van der Waals surface area contributed by atoms with Crippen LogP contribution >= 0.6 is 11.6 Å². The fourth-order valence-electron chi connectivity index (χ4n) is 1.77. The van der Waals surface area contributed by atoms with E-state index in [-0.39, 0.29) is 5.69 Å². The van der Waals surface area contributed by atoms with E-state index in [0.717, 1.165) is 0 Å². The number of carboxylic acid groups (broad SMARTS) is 1. The third-order valence-electron chi connectivity index (χ3n) is 2.50. The number of hydrogen-bond donors (Lipinski definition) is 1. The summed E-state index contributed by atoms with van der Waals surface area (Å²) in [5.41, 5.74) is 0.609. The SMILES string of the molecule is CC(C)Cc1nc(C(=O)O)c2ccc(Cl)cc2n1. The maximum Gasteiger partial charge on any atom is 0.355 e. The standard InChI is InChI=1S/C13H13ClN2O2/c1-7(2)5-11-15-10-6-8(14)3-4-9(10)12(16-11)13(17)18/h3-4,6-7H,5H2,1-2H3,(H,17,18). The Kier molecular flexibility index (Phi) is 3.48. The van der Waals surface area contributed by atoms with Gasteiger partial charge in [0, 0.05) is 16.8 Å². The highest BCUT2D eigenvalue weighted by Crippen LogP contribution is 2.21. The Bertz CT molecular complexity index is 611. The summed E-state index contributed by atoms with van der Waals surface area (Å²) in [5.74, 6) is -0.143. The van der Waals surface area contributed by atoms with E-state index in [9.17, 15) is 9.90 Å². The Balaban J connectivity index is 2.66. The van der Waals surface area contributed by atoms with Crippen molar-refractivity contribution in [2.45, 2.75) is 20.3 Å². The molecule has 0 atom stereocenters. The van der Waals surface area contributed by atoms with Gasteiger partial charge in [0.15, 0.2) is 5.69 Å². The average molecular weight is 265 g/mol. The molecule has 2 aromatic rings. The molecule has 5 heteroatoms. The number of halogens is 1. The first kappa shape index (κ1) is 12.8. The van der Waals surface area contributed by atoms with Gasteiger partial charge >= 0.3 is 5.97 Å². The second-order valence-corrected chi connectivity index (χ2v) is 4.99. The molecule has 1 aromatic heterocycles. The van der Waals surface area contributed by atoms with Crippen LogP contribution in [-0.4, -0.2) is 21.0 Å². The molecule has 0 aliphatic rings. The third-order valence-corrected chi connectivity index (χ3v) is 2.73. The second kappa shape index (κ2) is 4.90. The molecule has 0 aliphatic carbocycles. The third kappa shape index (κ3) is 2.59. The Hall–Kier alpha value is -1.68. The lowest BCUT2D eigenvalue weighted by Gasteiger charge is -2.07. The van der Waals surface area contributed by atoms with Gasteiger partial charge in [-0.1, -0.05) is 25.4 Å². The molecule has 1 aromatic carbocycles. The molecule has 0 fully saturated rings. The number of rotatable bonds is 3. The monoisotopic (exact) mass is 264 g/mol. The lowest BCUT2D eigenvalue weighted by Crippen LogP contribution is -2.08. The molecule has 1 heterocycles. The number of carboxylic acids is 1. The summed E-state index contributed by atoms with van der Waals surface area (Å²) in [5, 5.41) is 10.2. The summed E-state index contributed by atoms with van der Waals surface area (Å²) in [7, 11) is 0. The smallest absolute Gasteiger partial charge is 0.355 e. The molecule has 0 saturated carbocycles. The number of hydrogen-bond acceptors (Lipinski definition) is 3. The summed E-state index contributed by atoms with van der Waals surface area (Å²) in [6.07, 6.45) is 0.642. The fourth-order valence-corrected chi connectivity index (χ4v) is 1.94. The van der Waals surface area contributed by atoms with Crippen LogP contribution in [0.2, 0.25) is 5.02 Å². The lowest BCUT2D eigenvalue weighted by molar-refractivity contribution is 0.0692. The van der Waals surface area contributed by atoms with Crippen LogP contribution in [0.1, 0.15) is 30.2 Å². The fraction of sp³-hybridized carbons (Fsp3) is 0.308. The van der Waals surface area contributed by atoms with Crippen LogP contribution in [0, 0.1) is 5.92 Å². The van der Waals surface area contributed by atoms with Crippen molar-refractivity contribution in [2.24, 2.45) is 5.92 Å². The van der Waals surface area contributed by atoms with Gasteiger partial charge in [0.25, 0.3) is 0 Å². The van der Waals surface area contributed by atoms with Crippen LogP contribution in [0.4, 0.5) is 0 Å². The van der Waals surface area contributed by atoms with E-state index < -0.39 is 5.97 Å². The van der Waals surface area contributed by atoms with Crippen LogP contribution in [0.15, 0.2) is 18.2 Å². The molecule has 18 heavy (non-hydrogen) atoms. The zero-order valence-electron chi connectivity index (χ0n) is 10.1. The van der Waals surface area contributed by atoms with Gasteiger partial charge < -0.3 is 5.11 Å². The van der Waals surface area contributed by atoms with E-state index in [2.05, 4.69) is 9.97 Å². The van der Waals surface area contributed by atoms with Crippen molar-refractivity contribution in [1.29, 1.82) is 0 Å². The van der Waals surface area contributed by atoms with Crippen molar-refractivity contribution in [3.63, 3.8) is 0 Å². The first-order valence-corrected chi connectivity index (χ1v) is 6.04. The van der Waals surface area contributed by atoms with E-state index in [4.69, 9.17) is 11.6 Å². The maximum absolute atomic E-state index is 11.2. The Morgan fingerprint density at radius 3 is 2.72 bits per heavy atom. The van der Waals surface area contributed by atoms with Crippen LogP contribution in [0.5, 0.6) is 0 Å². The Morgan fingerprint density at radius 1 is 1.39 bits per heavy atom. The molecule has 1 N–H and O–H groups in total. The van der Waals surface area contributed by atoms with Gasteiger partial charge in [-0.2, -0.15) is 0 Å². The van der Waals surface area contributed by atoms with E-state index in [0.29, 0.717) is 34.1 Å². The molecule has 0 aliphatic heterocycles. The minimum atomic E-state index is -1.05. The van der Waals surface area contributed by atoms with Gasteiger partial charge in [-0.25, -0.2) is 14.8 Å². The van der Waals surface area contributed by atoms with Gasteiger partial charge in [0.05, 0.1) is 5.52 Å². The summed E-state index contributed by atoms with van der Waals surface area (Å²) in [4.78, 5) is 19.7. The normalized spacial score (nSPS) is 11.1. The van der Waals surface area contributed by atoms with Crippen molar-refractivity contribution < 1.29 is 9.90 Å². The highest BCUT2D eigenvalue weighted by atomic mass is 35.5. The highest BCUT2D eigenvalue weighted by molar-refractivity contribution is 6.31. The summed E-state index contributed by atoms with van der Waals surface area (Å²) in [6.45, 7) is 4.07. The van der Waals surface area contributed by atoms with E-state index in [1.54, 1.807) is 18.2 Å². The topological polar surface area (TPSA) is 63.1 Å². The lowest BCUT2D eigenvalue weighted by atomic mass is 10.1. The zero-order chi connectivity index (χ0) is 13.3. The van der Waals surface area contributed by atoms with Crippen LogP contribution in [0.25, 0.3) is 10.9 Å².